The number of hydrogen-bond acceptors (Lipinski definition) is 4. The van der Waals surface area contributed by atoms with Crippen LogP contribution in [0.3, 0.4) is 0 Å². The number of aryl methyl sites for hydroxylation is 1. The summed E-state index contributed by atoms with van der Waals surface area (Å²) in [5, 5.41) is 10.6. The Labute approximate surface area is 146 Å². The van der Waals surface area contributed by atoms with E-state index in [1.807, 2.05) is 30.3 Å². The minimum Gasteiger partial charge on any atom is -0.339 e. The largest absolute Gasteiger partial charge is 0.339 e. The molecule has 0 bridgehead atoms. The SMILES string of the molecule is C=CC(=O)N1CCC(C(=O)Nc2cnnn2C)(c2ccccc2)CC1. The van der Waals surface area contributed by atoms with Crippen LogP contribution in [-0.2, 0) is 22.1 Å². The molecule has 7 nitrogen and oxygen atoms in total. The zero-order chi connectivity index (χ0) is 17.9. The quantitative estimate of drug-likeness (QED) is 0.856. The van der Waals surface area contributed by atoms with Gasteiger partial charge in [0, 0.05) is 20.1 Å². The van der Waals surface area contributed by atoms with Gasteiger partial charge in [0.25, 0.3) is 0 Å². The van der Waals surface area contributed by atoms with E-state index in [0.717, 1.165) is 5.56 Å². The average Bonchev–Trinajstić information content (AvgIpc) is 3.06. The number of likely N-dealkylation sites (tertiary alicyclic amines) is 1. The highest BCUT2D eigenvalue weighted by Gasteiger charge is 2.43. The molecule has 0 radical (unpaired) electrons. The summed E-state index contributed by atoms with van der Waals surface area (Å²) in [6, 6.07) is 9.71. The van der Waals surface area contributed by atoms with E-state index >= 15 is 0 Å². The molecular weight excluding hydrogens is 318 g/mol. The van der Waals surface area contributed by atoms with Gasteiger partial charge in [0.2, 0.25) is 11.8 Å². The van der Waals surface area contributed by atoms with Gasteiger partial charge in [-0.15, -0.1) is 5.10 Å². The van der Waals surface area contributed by atoms with E-state index in [0.29, 0.717) is 31.7 Å². The number of aromatic nitrogens is 3. The number of piperidine rings is 1. The highest BCUT2D eigenvalue weighted by molar-refractivity contribution is 5.99. The standard InChI is InChI=1S/C18H21N5O2/c1-3-16(24)23-11-9-18(10-12-23,14-7-5-4-6-8-14)17(25)20-15-13-19-21-22(15)2/h3-8,13H,1,9-12H2,2H3,(H,20,25). The predicted octanol–water partition coefficient (Wildman–Crippen LogP) is 1.50. The normalized spacial score (nSPS) is 16.3. The first-order chi connectivity index (χ1) is 12.1. The van der Waals surface area contributed by atoms with Gasteiger partial charge in [-0.25, -0.2) is 4.68 Å². The average molecular weight is 339 g/mol. The first-order valence-electron chi connectivity index (χ1n) is 8.20. The lowest BCUT2D eigenvalue weighted by Gasteiger charge is -2.40. The third-order valence-corrected chi connectivity index (χ3v) is 4.82. The van der Waals surface area contributed by atoms with E-state index in [1.165, 1.54) is 17.0 Å². The number of hydrogen-bond donors (Lipinski definition) is 1. The smallest absolute Gasteiger partial charge is 0.245 e. The molecule has 1 N–H and O–H groups in total. The number of nitrogens with one attached hydrogen (secondary N) is 1. The lowest BCUT2D eigenvalue weighted by atomic mass is 9.72. The molecule has 1 aliphatic heterocycles. The molecule has 0 unspecified atom stereocenters. The van der Waals surface area contributed by atoms with E-state index in [-0.39, 0.29) is 11.8 Å². The van der Waals surface area contributed by atoms with Crippen LogP contribution >= 0.6 is 0 Å². The number of nitrogens with zero attached hydrogens (tertiary/aromatic N) is 4. The fourth-order valence-electron chi connectivity index (χ4n) is 3.28. The molecule has 2 amide bonds. The summed E-state index contributed by atoms with van der Waals surface area (Å²) in [5.41, 5.74) is 0.261. The van der Waals surface area contributed by atoms with Crippen LogP contribution in [0.25, 0.3) is 0 Å². The van der Waals surface area contributed by atoms with Gasteiger partial charge >= 0.3 is 0 Å². The van der Waals surface area contributed by atoms with Crippen molar-refractivity contribution in [2.45, 2.75) is 18.3 Å². The maximum Gasteiger partial charge on any atom is 0.245 e. The fraction of sp³-hybridized carbons (Fsp3) is 0.333. The van der Waals surface area contributed by atoms with Gasteiger partial charge in [-0.05, 0) is 24.5 Å². The Bertz CT molecular complexity index is 776. The molecule has 3 rings (SSSR count). The second-order valence-corrected chi connectivity index (χ2v) is 6.17. The molecule has 25 heavy (non-hydrogen) atoms. The number of carbonyl (C=O) groups excluding carboxylic acids is 2. The second-order valence-electron chi connectivity index (χ2n) is 6.17. The Hall–Kier alpha value is -2.96. The molecule has 0 aliphatic carbocycles. The van der Waals surface area contributed by atoms with Gasteiger partial charge < -0.3 is 10.2 Å². The number of carbonyl (C=O) groups is 2. The zero-order valence-electron chi connectivity index (χ0n) is 14.2. The summed E-state index contributed by atoms with van der Waals surface area (Å²) in [7, 11) is 1.73. The van der Waals surface area contributed by atoms with Crippen molar-refractivity contribution in [3.8, 4) is 0 Å². The Kier molecular flexibility index (Phi) is 4.65. The van der Waals surface area contributed by atoms with Gasteiger partial charge in [-0.3, -0.25) is 9.59 Å². The summed E-state index contributed by atoms with van der Waals surface area (Å²) >= 11 is 0. The van der Waals surface area contributed by atoms with Gasteiger partial charge in [-0.2, -0.15) is 0 Å². The molecule has 130 valence electrons. The first kappa shape index (κ1) is 16.9. The summed E-state index contributed by atoms with van der Waals surface area (Å²) in [6.45, 7) is 4.56. The summed E-state index contributed by atoms with van der Waals surface area (Å²) in [4.78, 5) is 26.8. The van der Waals surface area contributed by atoms with Crippen molar-refractivity contribution in [3.63, 3.8) is 0 Å². The minimum absolute atomic E-state index is 0.0992. The molecule has 2 aromatic rings. The van der Waals surface area contributed by atoms with Crippen LogP contribution in [0.5, 0.6) is 0 Å². The van der Waals surface area contributed by atoms with E-state index in [9.17, 15) is 9.59 Å². The summed E-state index contributed by atoms with van der Waals surface area (Å²) in [6.07, 6.45) is 3.94. The Morgan fingerprint density at radius 1 is 1.24 bits per heavy atom. The van der Waals surface area contributed by atoms with Gasteiger partial charge in [0.05, 0.1) is 11.6 Å². The van der Waals surface area contributed by atoms with Crippen molar-refractivity contribution >= 4 is 17.6 Å². The van der Waals surface area contributed by atoms with Crippen molar-refractivity contribution < 1.29 is 9.59 Å². The maximum absolute atomic E-state index is 13.2. The van der Waals surface area contributed by atoms with Crippen molar-refractivity contribution in [3.05, 3.63) is 54.7 Å². The molecule has 0 atom stereocenters. The molecule has 0 spiro atoms. The van der Waals surface area contributed by atoms with Crippen molar-refractivity contribution in [2.75, 3.05) is 18.4 Å². The van der Waals surface area contributed by atoms with Crippen LogP contribution in [0.1, 0.15) is 18.4 Å². The topological polar surface area (TPSA) is 80.1 Å². The maximum atomic E-state index is 13.2. The lowest BCUT2D eigenvalue weighted by Crippen LogP contribution is -2.50. The van der Waals surface area contributed by atoms with Crippen LogP contribution < -0.4 is 5.32 Å². The second kappa shape index (κ2) is 6.88. The van der Waals surface area contributed by atoms with Gasteiger partial charge in [-0.1, -0.05) is 42.1 Å². The molecule has 1 aromatic heterocycles. The molecular formula is C18H21N5O2. The Morgan fingerprint density at radius 2 is 1.92 bits per heavy atom. The highest BCUT2D eigenvalue weighted by atomic mass is 16.2. The molecule has 0 saturated carbocycles. The monoisotopic (exact) mass is 339 g/mol. The Morgan fingerprint density at radius 3 is 2.48 bits per heavy atom. The van der Waals surface area contributed by atoms with Gasteiger partial charge in [0.1, 0.15) is 0 Å². The van der Waals surface area contributed by atoms with E-state index in [4.69, 9.17) is 0 Å². The van der Waals surface area contributed by atoms with E-state index in [2.05, 4.69) is 22.2 Å². The van der Waals surface area contributed by atoms with Crippen molar-refractivity contribution in [1.29, 1.82) is 0 Å². The molecule has 1 aliphatic rings. The van der Waals surface area contributed by atoms with Crippen LogP contribution in [-0.4, -0.2) is 44.8 Å². The van der Waals surface area contributed by atoms with Gasteiger partial charge in [0.15, 0.2) is 5.82 Å². The van der Waals surface area contributed by atoms with E-state index in [1.54, 1.807) is 11.9 Å². The summed E-state index contributed by atoms with van der Waals surface area (Å²) in [5.74, 6) is 0.345. The van der Waals surface area contributed by atoms with Crippen molar-refractivity contribution in [1.82, 2.24) is 19.9 Å². The number of anilines is 1. The highest BCUT2D eigenvalue weighted by Crippen LogP contribution is 2.36. The molecule has 7 heteroatoms. The number of rotatable bonds is 4. The molecule has 2 heterocycles. The minimum atomic E-state index is -0.691. The predicted molar refractivity (Wildman–Crippen MR) is 93.8 cm³/mol. The summed E-state index contributed by atoms with van der Waals surface area (Å²) < 4.78 is 1.52. The third-order valence-electron chi connectivity index (χ3n) is 4.82. The van der Waals surface area contributed by atoms with Crippen molar-refractivity contribution in [2.24, 2.45) is 7.05 Å². The van der Waals surface area contributed by atoms with E-state index < -0.39 is 5.41 Å². The third kappa shape index (κ3) is 3.17. The molecule has 1 saturated heterocycles. The fourth-order valence-corrected chi connectivity index (χ4v) is 3.28. The Balaban J connectivity index is 1.89. The number of benzene rings is 1. The molecule has 1 aromatic carbocycles. The zero-order valence-corrected chi connectivity index (χ0v) is 14.2. The molecule has 1 fully saturated rings. The van der Waals surface area contributed by atoms with Crippen LogP contribution in [0, 0.1) is 0 Å². The van der Waals surface area contributed by atoms with Crippen LogP contribution in [0.15, 0.2) is 49.2 Å². The number of amides is 2. The lowest BCUT2D eigenvalue weighted by molar-refractivity contribution is -0.131. The van der Waals surface area contributed by atoms with Crippen LogP contribution in [0.4, 0.5) is 5.82 Å². The first-order valence-corrected chi connectivity index (χ1v) is 8.20. The van der Waals surface area contributed by atoms with Crippen LogP contribution in [0.2, 0.25) is 0 Å².